The number of hydrogen-bond donors (Lipinski definition) is 0. The molecule has 6 heteroatoms. The summed E-state index contributed by atoms with van der Waals surface area (Å²) < 4.78 is 23.9. The Morgan fingerprint density at radius 3 is 2.30 bits per heavy atom. The van der Waals surface area contributed by atoms with Crippen LogP contribution in [0.5, 0.6) is 0 Å². The Labute approximate surface area is 178 Å². The van der Waals surface area contributed by atoms with Gasteiger partial charge in [-0.3, -0.25) is 9.78 Å². The molecule has 1 amide bonds. The molecular weight excluding hydrogens is 396 g/mol. The number of pyridine rings is 1. The predicted octanol–water partition coefficient (Wildman–Crippen LogP) is 4.01. The third-order valence-electron chi connectivity index (χ3n) is 6.15. The van der Waals surface area contributed by atoms with Crippen LogP contribution in [-0.4, -0.2) is 36.0 Å². The fraction of sp³-hybridized carbons (Fsp3) is 0.417. The Balaban J connectivity index is 1.47. The summed E-state index contributed by atoms with van der Waals surface area (Å²) in [7, 11) is -3.24. The molecule has 1 aliphatic heterocycles. The molecular formula is C24H28N2O3S. The maximum absolute atomic E-state index is 13.2. The van der Waals surface area contributed by atoms with Crippen molar-refractivity contribution >= 4 is 15.7 Å². The molecule has 1 aliphatic carbocycles. The van der Waals surface area contributed by atoms with Crippen LogP contribution in [0.15, 0.2) is 60.3 Å². The van der Waals surface area contributed by atoms with E-state index in [9.17, 15) is 13.2 Å². The quantitative estimate of drug-likeness (QED) is 0.703. The number of hydrogen-bond acceptors (Lipinski definition) is 4. The lowest BCUT2D eigenvalue weighted by Crippen LogP contribution is -2.41. The van der Waals surface area contributed by atoms with E-state index in [-0.39, 0.29) is 18.1 Å². The molecule has 1 saturated carbocycles. The minimum atomic E-state index is -3.24. The lowest BCUT2D eigenvalue weighted by atomic mass is 9.84. The average molecular weight is 425 g/mol. The molecule has 1 aromatic carbocycles. The third-order valence-corrected chi connectivity index (χ3v) is 7.52. The van der Waals surface area contributed by atoms with Gasteiger partial charge in [0.25, 0.3) is 0 Å². The highest BCUT2D eigenvalue weighted by Gasteiger charge is 2.30. The van der Waals surface area contributed by atoms with Crippen molar-refractivity contribution in [2.75, 3.05) is 5.75 Å². The normalized spacial score (nSPS) is 20.9. The van der Waals surface area contributed by atoms with Crippen molar-refractivity contribution in [1.82, 2.24) is 9.88 Å². The second kappa shape index (κ2) is 9.13. The van der Waals surface area contributed by atoms with Crippen LogP contribution in [0.4, 0.5) is 0 Å². The van der Waals surface area contributed by atoms with Gasteiger partial charge in [-0.2, -0.15) is 0 Å². The largest absolute Gasteiger partial charge is 0.331 e. The van der Waals surface area contributed by atoms with E-state index in [1.165, 1.54) is 43.1 Å². The van der Waals surface area contributed by atoms with Crippen LogP contribution >= 0.6 is 0 Å². The highest BCUT2D eigenvalue weighted by Crippen LogP contribution is 2.32. The molecule has 2 aliphatic rings. The van der Waals surface area contributed by atoms with E-state index in [0.717, 1.165) is 11.1 Å². The number of rotatable bonds is 6. The lowest BCUT2D eigenvalue weighted by molar-refractivity contribution is -0.132. The first-order chi connectivity index (χ1) is 14.5. The first-order valence-corrected chi connectivity index (χ1v) is 12.4. The van der Waals surface area contributed by atoms with E-state index < -0.39 is 15.9 Å². The Kier molecular flexibility index (Phi) is 6.32. The number of nitrogens with zero attached hydrogens (tertiary/aromatic N) is 2. The average Bonchev–Trinajstić information content (AvgIpc) is 3.13. The summed E-state index contributed by atoms with van der Waals surface area (Å²) in [5.74, 6) is 0.522. The molecule has 1 unspecified atom stereocenters. The SMILES string of the molecule is O=C(Cc1ccc(C2CCCCC2)cc1)N(Cc1ccncc1)C1C=CS(=O)(=O)C1. The maximum atomic E-state index is 13.2. The number of carbonyl (C=O) groups is 1. The van der Waals surface area contributed by atoms with Gasteiger partial charge in [0.15, 0.2) is 9.84 Å². The summed E-state index contributed by atoms with van der Waals surface area (Å²) in [5.41, 5.74) is 3.26. The fourth-order valence-corrected chi connectivity index (χ4v) is 5.75. The van der Waals surface area contributed by atoms with Gasteiger partial charge in [-0.15, -0.1) is 0 Å². The Hall–Kier alpha value is -2.47. The molecule has 4 rings (SSSR count). The van der Waals surface area contributed by atoms with E-state index >= 15 is 0 Å². The standard InChI is InChI=1S/C24H28N2O3S/c27-24(16-19-6-8-22(9-7-19)21-4-2-1-3-5-21)26(17-20-10-13-25-14-11-20)23-12-15-30(28,29)18-23/h6-15,21,23H,1-5,16-18H2. The summed E-state index contributed by atoms with van der Waals surface area (Å²) in [5, 5.41) is 1.23. The summed E-state index contributed by atoms with van der Waals surface area (Å²) in [4.78, 5) is 18.9. The monoisotopic (exact) mass is 424 g/mol. The summed E-state index contributed by atoms with van der Waals surface area (Å²) in [6.07, 6.45) is 11.7. The zero-order valence-electron chi connectivity index (χ0n) is 17.1. The van der Waals surface area contributed by atoms with Crippen LogP contribution in [-0.2, 0) is 27.6 Å². The van der Waals surface area contributed by atoms with Crippen molar-refractivity contribution in [3.05, 3.63) is 77.0 Å². The molecule has 1 aromatic heterocycles. The van der Waals surface area contributed by atoms with Crippen LogP contribution in [0.25, 0.3) is 0 Å². The van der Waals surface area contributed by atoms with Gasteiger partial charge in [-0.05, 0) is 53.7 Å². The zero-order valence-corrected chi connectivity index (χ0v) is 17.9. The number of carbonyl (C=O) groups excluding carboxylic acids is 1. The van der Waals surface area contributed by atoms with Crippen LogP contribution in [0.2, 0.25) is 0 Å². The van der Waals surface area contributed by atoms with Crippen molar-refractivity contribution < 1.29 is 13.2 Å². The van der Waals surface area contributed by atoms with Crippen LogP contribution in [0.3, 0.4) is 0 Å². The van der Waals surface area contributed by atoms with Crippen molar-refractivity contribution in [2.24, 2.45) is 0 Å². The number of amides is 1. The Morgan fingerprint density at radius 2 is 1.67 bits per heavy atom. The van der Waals surface area contributed by atoms with Gasteiger partial charge < -0.3 is 4.90 Å². The van der Waals surface area contributed by atoms with Crippen LogP contribution in [0.1, 0.15) is 54.7 Å². The number of aromatic nitrogens is 1. The summed E-state index contributed by atoms with van der Waals surface area (Å²) >= 11 is 0. The van der Waals surface area contributed by atoms with E-state index in [1.54, 1.807) is 23.4 Å². The highest BCUT2D eigenvalue weighted by molar-refractivity contribution is 7.94. The van der Waals surface area contributed by atoms with Crippen LogP contribution in [0, 0.1) is 0 Å². The van der Waals surface area contributed by atoms with Gasteiger partial charge in [-0.25, -0.2) is 8.42 Å². The van der Waals surface area contributed by atoms with Gasteiger partial charge in [0.2, 0.25) is 5.91 Å². The van der Waals surface area contributed by atoms with Crippen molar-refractivity contribution in [3.8, 4) is 0 Å². The molecule has 5 nitrogen and oxygen atoms in total. The fourth-order valence-electron chi connectivity index (χ4n) is 4.45. The number of benzene rings is 1. The van der Waals surface area contributed by atoms with Crippen molar-refractivity contribution in [1.29, 1.82) is 0 Å². The molecule has 2 heterocycles. The van der Waals surface area contributed by atoms with Gasteiger partial charge >= 0.3 is 0 Å². The first-order valence-electron chi connectivity index (χ1n) is 10.7. The minimum Gasteiger partial charge on any atom is -0.331 e. The third kappa shape index (κ3) is 5.17. The van der Waals surface area contributed by atoms with Gasteiger partial charge in [-0.1, -0.05) is 43.5 Å². The molecule has 0 spiro atoms. The second-order valence-corrected chi connectivity index (χ2v) is 10.3. The Bertz CT molecular complexity index is 995. The molecule has 0 N–H and O–H groups in total. The van der Waals surface area contributed by atoms with Crippen molar-refractivity contribution in [2.45, 2.75) is 57.0 Å². The summed E-state index contributed by atoms with van der Waals surface area (Å²) in [6, 6.07) is 11.7. The van der Waals surface area contributed by atoms with Gasteiger partial charge in [0.1, 0.15) is 0 Å². The second-order valence-electron chi connectivity index (χ2n) is 8.36. The zero-order chi connectivity index (χ0) is 21.0. The topological polar surface area (TPSA) is 67.3 Å². The maximum Gasteiger partial charge on any atom is 0.227 e. The molecule has 158 valence electrons. The molecule has 1 atom stereocenters. The van der Waals surface area contributed by atoms with E-state index in [4.69, 9.17) is 0 Å². The van der Waals surface area contributed by atoms with E-state index in [2.05, 4.69) is 17.1 Å². The minimum absolute atomic E-state index is 0.0511. The molecule has 0 saturated heterocycles. The van der Waals surface area contributed by atoms with Gasteiger partial charge in [0, 0.05) is 24.3 Å². The molecule has 2 aromatic rings. The summed E-state index contributed by atoms with van der Waals surface area (Å²) in [6.45, 7) is 0.367. The smallest absolute Gasteiger partial charge is 0.227 e. The van der Waals surface area contributed by atoms with Crippen LogP contribution < -0.4 is 0 Å². The van der Waals surface area contributed by atoms with Crippen molar-refractivity contribution in [3.63, 3.8) is 0 Å². The molecule has 0 radical (unpaired) electrons. The molecule has 0 bridgehead atoms. The first kappa shape index (κ1) is 20.8. The van der Waals surface area contributed by atoms with Gasteiger partial charge in [0.05, 0.1) is 18.2 Å². The lowest BCUT2D eigenvalue weighted by Gasteiger charge is -2.28. The Morgan fingerprint density at radius 1 is 0.967 bits per heavy atom. The predicted molar refractivity (Wildman–Crippen MR) is 117 cm³/mol. The van der Waals surface area contributed by atoms with E-state index in [0.29, 0.717) is 12.5 Å². The molecule has 1 fully saturated rings. The highest BCUT2D eigenvalue weighted by atomic mass is 32.2. The van der Waals surface area contributed by atoms with E-state index in [1.807, 2.05) is 24.3 Å². The molecule has 30 heavy (non-hydrogen) atoms. The number of sulfone groups is 1.